The van der Waals surface area contributed by atoms with E-state index in [1.807, 2.05) is 41.0 Å². The fourth-order valence-corrected chi connectivity index (χ4v) is 5.86. The Morgan fingerprint density at radius 1 is 1.13 bits per heavy atom. The number of nitrogens with zero attached hydrogens (tertiary/aromatic N) is 3. The first-order chi connectivity index (χ1) is 14.9. The number of imidazole rings is 1. The van der Waals surface area contributed by atoms with Crippen molar-refractivity contribution in [2.45, 2.75) is 37.6 Å². The first-order valence-electron chi connectivity index (χ1n) is 10.4. The number of fused-ring (bicyclic) bond motifs is 2. The standard InChI is InChI=1S/C23H20ClN5O2/c24-13-5-6-17-18(7-13)29(21(26-17)20(25)30)14-10-23(11-14)8-12(9-23)19-15-3-1-2-4-16(15)22(31)28-27-19/h1-7,12,14H,8-11H2,(H2,25,30)(H,28,31). The maximum atomic E-state index is 12.1. The van der Waals surface area contributed by atoms with Gasteiger partial charge in [-0.05, 0) is 55.4 Å². The molecule has 2 aromatic heterocycles. The van der Waals surface area contributed by atoms with Crippen LogP contribution in [0.15, 0.2) is 47.3 Å². The average molecular weight is 434 g/mol. The fourth-order valence-electron chi connectivity index (χ4n) is 5.69. The van der Waals surface area contributed by atoms with Gasteiger partial charge in [0, 0.05) is 22.4 Å². The normalized spacial score (nSPS) is 24.9. The average Bonchev–Trinajstić information content (AvgIpc) is 3.06. The maximum Gasteiger partial charge on any atom is 0.284 e. The summed E-state index contributed by atoms with van der Waals surface area (Å²) in [6.07, 6.45) is 3.96. The van der Waals surface area contributed by atoms with E-state index in [-0.39, 0.29) is 17.0 Å². The molecule has 7 nitrogen and oxygen atoms in total. The van der Waals surface area contributed by atoms with Crippen molar-refractivity contribution in [2.75, 3.05) is 0 Å². The van der Waals surface area contributed by atoms with Crippen molar-refractivity contribution >= 4 is 39.3 Å². The highest BCUT2D eigenvalue weighted by Gasteiger charge is 2.55. The summed E-state index contributed by atoms with van der Waals surface area (Å²) in [7, 11) is 0. The molecule has 0 aliphatic heterocycles. The van der Waals surface area contributed by atoms with E-state index in [1.54, 1.807) is 6.07 Å². The van der Waals surface area contributed by atoms with Crippen LogP contribution in [0.3, 0.4) is 0 Å². The molecule has 0 unspecified atom stereocenters. The number of carbonyl (C=O) groups is 1. The van der Waals surface area contributed by atoms with E-state index in [0.29, 0.717) is 22.2 Å². The number of hydrogen-bond donors (Lipinski definition) is 2. The van der Waals surface area contributed by atoms with Crippen LogP contribution >= 0.6 is 11.6 Å². The minimum Gasteiger partial charge on any atom is -0.363 e. The Labute approximate surface area is 182 Å². The lowest BCUT2D eigenvalue weighted by Crippen LogP contribution is -2.48. The molecule has 0 radical (unpaired) electrons. The second-order valence-corrected chi connectivity index (χ2v) is 9.39. The predicted molar refractivity (Wildman–Crippen MR) is 118 cm³/mol. The van der Waals surface area contributed by atoms with Gasteiger partial charge in [-0.15, -0.1) is 0 Å². The number of aromatic nitrogens is 4. The van der Waals surface area contributed by atoms with Gasteiger partial charge >= 0.3 is 0 Å². The summed E-state index contributed by atoms with van der Waals surface area (Å²) >= 11 is 6.20. The summed E-state index contributed by atoms with van der Waals surface area (Å²) in [5, 5.41) is 9.27. The molecule has 2 heterocycles. The number of amides is 1. The molecule has 0 bridgehead atoms. The lowest BCUT2D eigenvalue weighted by atomic mass is 9.49. The smallest absolute Gasteiger partial charge is 0.284 e. The van der Waals surface area contributed by atoms with Crippen LogP contribution in [0.2, 0.25) is 5.02 Å². The van der Waals surface area contributed by atoms with Crippen LogP contribution in [-0.4, -0.2) is 25.7 Å². The van der Waals surface area contributed by atoms with E-state index in [9.17, 15) is 9.59 Å². The topological polar surface area (TPSA) is 107 Å². The maximum absolute atomic E-state index is 12.1. The molecule has 156 valence electrons. The molecule has 4 aromatic rings. The van der Waals surface area contributed by atoms with E-state index >= 15 is 0 Å². The fraction of sp³-hybridized carbons (Fsp3) is 0.304. The van der Waals surface area contributed by atoms with E-state index < -0.39 is 5.91 Å². The molecule has 2 aliphatic carbocycles. The summed E-state index contributed by atoms with van der Waals surface area (Å²) in [5.74, 6) is 0.0947. The van der Waals surface area contributed by atoms with Crippen LogP contribution in [0.5, 0.6) is 0 Å². The van der Waals surface area contributed by atoms with Crippen molar-refractivity contribution in [3.05, 3.63) is 69.4 Å². The van der Waals surface area contributed by atoms with Crippen LogP contribution in [0.4, 0.5) is 0 Å². The first kappa shape index (κ1) is 18.6. The van der Waals surface area contributed by atoms with Gasteiger partial charge in [0.2, 0.25) is 0 Å². The van der Waals surface area contributed by atoms with Crippen LogP contribution in [0.1, 0.15) is 54.0 Å². The SMILES string of the molecule is NC(=O)c1nc2ccc(Cl)cc2n1C1CC2(CC(c3n[nH]c(=O)c4ccccc34)C2)C1. The molecule has 2 fully saturated rings. The zero-order chi connectivity index (χ0) is 21.3. The minimum absolute atomic E-state index is 0.151. The van der Waals surface area contributed by atoms with Crippen molar-refractivity contribution in [3.63, 3.8) is 0 Å². The predicted octanol–water partition coefficient (Wildman–Crippen LogP) is 3.92. The van der Waals surface area contributed by atoms with Gasteiger partial charge < -0.3 is 10.3 Å². The highest BCUT2D eigenvalue weighted by atomic mass is 35.5. The molecule has 1 amide bonds. The number of hydrogen-bond acceptors (Lipinski definition) is 4. The second-order valence-electron chi connectivity index (χ2n) is 8.95. The third-order valence-corrected chi connectivity index (χ3v) is 7.28. The number of halogens is 1. The number of primary amides is 1. The molecular weight excluding hydrogens is 414 g/mol. The lowest BCUT2D eigenvalue weighted by molar-refractivity contribution is -0.0349. The second kappa shape index (κ2) is 6.40. The van der Waals surface area contributed by atoms with Crippen molar-refractivity contribution in [1.29, 1.82) is 0 Å². The molecular formula is C23H20ClN5O2. The van der Waals surface area contributed by atoms with Gasteiger partial charge in [-0.1, -0.05) is 29.8 Å². The largest absolute Gasteiger partial charge is 0.363 e. The van der Waals surface area contributed by atoms with Gasteiger partial charge in [-0.25, -0.2) is 10.1 Å². The number of H-pyrrole nitrogens is 1. The quantitative estimate of drug-likeness (QED) is 0.510. The number of carbonyl (C=O) groups excluding carboxylic acids is 1. The molecule has 0 atom stereocenters. The van der Waals surface area contributed by atoms with E-state index in [0.717, 1.165) is 47.8 Å². The summed E-state index contributed by atoms with van der Waals surface area (Å²) < 4.78 is 1.97. The van der Waals surface area contributed by atoms with Gasteiger partial charge in [0.05, 0.1) is 22.1 Å². The lowest BCUT2D eigenvalue weighted by Gasteiger charge is -2.58. The van der Waals surface area contributed by atoms with Crippen molar-refractivity contribution in [3.8, 4) is 0 Å². The van der Waals surface area contributed by atoms with Gasteiger partial charge in [0.15, 0.2) is 5.82 Å². The number of benzene rings is 2. The molecule has 2 aliphatic rings. The summed E-state index contributed by atoms with van der Waals surface area (Å²) in [6, 6.07) is 13.2. The molecule has 2 aromatic carbocycles. The van der Waals surface area contributed by atoms with Crippen molar-refractivity contribution < 1.29 is 4.79 Å². The Morgan fingerprint density at radius 3 is 2.61 bits per heavy atom. The van der Waals surface area contributed by atoms with Crippen LogP contribution in [-0.2, 0) is 0 Å². The van der Waals surface area contributed by atoms with Gasteiger partial charge in [-0.3, -0.25) is 9.59 Å². The van der Waals surface area contributed by atoms with Crippen molar-refractivity contribution in [2.24, 2.45) is 11.1 Å². The van der Waals surface area contributed by atoms with Crippen LogP contribution < -0.4 is 11.3 Å². The highest BCUT2D eigenvalue weighted by Crippen LogP contribution is 2.65. The summed E-state index contributed by atoms with van der Waals surface area (Å²) in [6.45, 7) is 0. The van der Waals surface area contributed by atoms with Crippen molar-refractivity contribution in [1.82, 2.24) is 19.7 Å². The third kappa shape index (κ3) is 2.73. The summed E-state index contributed by atoms with van der Waals surface area (Å²) in [5.41, 5.74) is 8.26. The zero-order valence-corrected chi connectivity index (χ0v) is 17.4. The molecule has 2 saturated carbocycles. The molecule has 0 saturated heterocycles. The Bertz CT molecular complexity index is 1430. The molecule has 31 heavy (non-hydrogen) atoms. The third-order valence-electron chi connectivity index (χ3n) is 7.05. The van der Waals surface area contributed by atoms with Crippen LogP contribution in [0, 0.1) is 5.41 Å². The van der Waals surface area contributed by atoms with E-state index in [4.69, 9.17) is 17.3 Å². The Kier molecular flexibility index (Phi) is 3.84. The molecule has 1 spiro atoms. The van der Waals surface area contributed by atoms with Gasteiger partial charge in [0.25, 0.3) is 11.5 Å². The van der Waals surface area contributed by atoms with E-state index in [1.165, 1.54) is 0 Å². The first-order valence-corrected chi connectivity index (χ1v) is 10.8. The summed E-state index contributed by atoms with van der Waals surface area (Å²) in [4.78, 5) is 28.5. The Hall–Kier alpha value is -3.19. The number of rotatable bonds is 3. The van der Waals surface area contributed by atoms with Crippen LogP contribution in [0.25, 0.3) is 21.8 Å². The molecule has 8 heteroatoms. The minimum atomic E-state index is -0.524. The highest BCUT2D eigenvalue weighted by molar-refractivity contribution is 6.31. The molecule has 3 N–H and O–H groups in total. The van der Waals surface area contributed by atoms with Gasteiger partial charge in [-0.2, -0.15) is 5.10 Å². The number of nitrogens with one attached hydrogen (secondary N) is 1. The Morgan fingerprint density at radius 2 is 1.87 bits per heavy atom. The number of aromatic amines is 1. The van der Waals surface area contributed by atoms with E-state index in [2.05, 4.69) is 15.2 Å². The monoisotopic (exact) mass is 433 g/mol. The molecule has 6 rings (SSSR count). The van der Waals surface area contributed by atoms with Gasteiger partial charge in [0.1, 0.15) is 0 Å². The Balaban J connectivity index is 1.27. The zero-order valence-electron chi connectivity index (χ0n) is 16.6. The number of nitrogens with two attached hydrogens (primary N) is 1.